The minimum absolute atomic E-state index is 0.00830. The van der Waals surface area contributed by atoms with E-state index in [1.807, 2.05) is 74.5 Å². The van der Waals surface area contributed by atoms with Gasteiger partial charge in [0, 0.05) is 12.5 Å². The summed E-state index contributed by atoms with van der Waals surface area (Å²) >= 11 is 0. The largest absolute Gasteiger partial charge is 0.255 e. The molecule has 0 bridgehead atoms. The highest BCUT2D eigenvalue weighted by atomic mass is 16.3. The van der Waals surface area contributed by atoms with E-state index in [0.29, 0.717) is 6.54 Å². The Morgan fingerprint density at radius 1 is 0.800 bits per heavy atom. The fraction of sp³-hybridized carbons (Fsp3) is 0.368. The molecule has 4 unspecified atom stereocenters. The Hall–Kier alpha value is -2.76. The molecule has 25 heavy (non-hydrogen) atoms. The molecule has 1 heterocycles. The fourth-order valence-corrected chi connectivity index (χ4v) is 3.80. The maximum absolute atomic E-state index is 11.9. The van der Waals surface area contributed by atoms with E-state index in [4.69, 9.17) is 0 Å². The van der Waals surface area contributed by atoms with E-state index in [9.17, 15) is 9.81 Å². The molecule has 6 heteroatoms. The highest BCUT2D eigenvalue weighted by molar-refractivity contribution is 5.25. The third-order valence-corrected chi connectivity index (χ3v) is 4.99. The van der Waals surface area contributed by atoms with Gasteiger partial charge in [-0.15, -0.1) is 9.81 Å². The molecule has 0 amide bonds. The van der Waals surface area contributed by atoms with Gasteiger partial charge in [-0.3, -0.25) is 5.01 Å². The van der Waals surface area contributed by atoms with Crippen molar-refractivity contribution in [2.75, 3.05) is 6.54 Å². The molecular weight excluding hydrogens is 316 g/mol. The molecule has 2 aromatic rings. The summed E-state index contributed by atoms with van der Waals surface area (Å²) in [5, 5.41) is 9.76. The lowest BCUT2D eigenvalue weighted by molar-refractivity contribution is 0.0898. The molecule has 1 saturated heterocycles. The number of nitroso groups, excluding NO2 is 2. The van der Waals surface area contributed by atoms with Crippen molar-refractivity contribution >= 4 is 0 Å². The topological polar surface area (TPSA) is 65.3 Å². The summed E-state index contributed by atoms with van der Waals surface area (Å²) in [5.74, 6) is 0.00830. The Morgan fingerprint density at radius 2 is 1.32 bits per heavy atom. The van der Waals surface area contributed by atoms with Gasteiger partial charge < -0.3 is 0 Å². The number of nitrogens with zero attached hydrogens (tertiary/aromatic N) is 4. The molecule has 3 rings (SSSR count). The second-order valence-electron chi connectivity index (χ2n) is 6.59. The molecule has 0 spiro atoms. The van der Waals surface area contributed by atoms with Gasteiger partial charge in [-0.2, -0.15) is 0 Å². The lowest BCUT2D eigenvalue weighted by atomic mass is 9.92. The zero-order chi connectivity index (χ0) is 17.8. The first-order valence-electron chi connectivity index (χ1n) is 8.48. The number of hydrogen-bond donors (Lipinski definition) is 0. The normalized spacial score (nSPS) is 26.8. The van der Waals surface area contributed by atoms with Crippen molar-refractivity contribution in [1.82, 2.24) is 10.0 Å². The predicted octanol–water partition coefficient (Wildman–Crippen LogP) is 4.47. The van der Waals surface area contributed by atoms with Crippen LogP contribution in [-0.4, -0.2) is 22.6 Å². The van der Waals surface area contributed by atoms with Crippen LogP contribution in [0.5, 0.6) is 0 Å². The summed E-state index contributed by atoms with van der Waals surface area (Å²) in [4.78, 5) is 23.3. The Labute approximate surface area is 147 Å². The molecule has 1 aliphatic rings. The maximum atomic E-state index is 11.9. The number of rotatable bonds is 4. The Kier molecular flexibility index (Phi) is 5.07. The van der Waals surface area contributed by atoms with Crippen LogP contribution in [0.3, 0.4) is 0 Å². The van der Waals surface area contributed by atoms with Gasteiger partial charge in [0.2, 0.25) is 0 Å². The van der Waals surface area contributed by atoms with E-state index in [1.165, 1.54) is 5.01 Å². The van der Waals surface area contributed by atoms with Crippen LogP contribution in [0.15, 0.2) is 71.2 Å². The first kappa shape index (κ1) is 17.1. The van der Waals surface area contributed by atoms with E-state index in [2.05, 4.69) is 10.6 Å². The van der Waals surface area contributed by atoms with Crippen molar-refractivity contribution in [3.05, 3.63) is 81.6 Å². The minimum Gasteiger partial charge on any atom is -0.255 e. The van der Waals surface area contributed by atoms with E-state index in [1.54, 1.807) is 5.01 Å². The van der Waals surface area contributed by atoms with Crippen LogP contribution in [0.1, 0.15) is 37.1 Å². The zero-order valence-corrected chi connectivity index (χ0v) is 14.4. The quantitative estimate of drug-likeness (QED) is 0.771. The molecule has 130 valence electrons. The fourth-order valence-electron chi connectivity index (χ4n) is 3.80. The molecule has 1 fully saturated rings. The Morgan fingerprint density at radius 3 is 1.80 bits per heavy atom. The van der Waals surface area contributed by atoms with Crippen LogP contribution in [0.2, 0.25) is 0 Å². The van der Waals surface area contributed by atoms with E-state index < -0.39 is 0 Å². The lowest BCUT2D eigenvalue weighted by Crippen LogP contribution is -2.38. The summed E-state index contributed by atoms with van der Waals surface area (Å²) in [6.45, 7) is 4.41. The van der Waals surface area contributed by atoms with Crippen LogP contribution in [0, 0.1) is 15.7 Å². The van der Waals surface area contributed by atoms with Crippen LogP contribution in [0.25, 0.3) is 0 Å². The van der Waals surface area contributed by atoms with Crippen molar-refractivity contribution in [2.24, 2.45) is 16.5 Å². The Bertz CT molecular complexity index is 710. The van der Waals surface area contributed by atoms with Gasteiger partial charge in [-0.25, -0.2) is 5.01 Å². The standard InChI is InChI=1S/C19H22N4O2/c1-14-13-22(20-24)15(2)19(17-11-7-4-8-12-17)23(21-25)18(14)16-9-5-3-6-10-16/h3-12,14-15,18-19H,13H2,1-2H3. The average molecular weight is 338 g/mol. The summed E-state index contributed by atoms with van der Waals surface area (Å²) in [7, 11) is 0. The molecular formula is C19H22N4O2. The van der Waals surface area contributed by atoms with Crippen LogP contribution in [-0.2, 0) is 0 Å². The smallest absolute Gasteiger partial charge is 0.0977 e. The van der Waals surface area contributed by atoms with Gasteiger partial charge >= 0.3 is 0 Å². The summed E-state index contributed by atoms with van der Waals surface area (Å²) in [5.41, 5.74) is 1.95. The van der Waals surface area contributed by atoms with Crippen molar-refractivity contribution < 1.29 is 0 Å². The predicted molar refractivity (Wildman–Crippen MR) is 97.1 cm³/mol. The summed E-state index contributed by atoms with van der Waals surface area (Å²) in [6.07, 6.45) is 0. The van der Waals surface area contributed by atoms with Gasteiger partial charge in [0.25, 0.3) is 0 Å². The molecule has 2 aromatic carbocycles. The van der Waals surface area contributed by atoms with Crippen LogP contribution < -0.4 is 0 Å². The minimum atomic E-state index is -0.355. The SMILES string of the molecule is CC1CN(N=O)C(C)C(c2ccccc2)N(N=O)C1c1ccccc1. The van der Waals surface area contributed by atoms with E-state index >= 15 is 0 Å². The highest BCUT2D eigenvalue weighted by Gasteiger charge is 2.42. The van der Waals surface area contributed by atoms with Crippen molar-refractivity contribution in [2.45, 2.75) is 32.0 Å². The van der Waals surface area contributed by atoms with Gasteiger partial charge in [0.05, 0.1) is 28.7 Å². The highest BCUT2D eigenvalue weighted by Crippen LogP contribution is 2.42. The van der Waals surface area contributed by atoms with Gasteiger partial charge in [0.15, 0.2) is 0 Å². The summed E-state index contributed by atoms with van der Waals surface area (Å²) < 4.78 is 0. The monoisotopic (exact) mass is 338 g/mol. The van der Waals surface area contributed by atoms with Crippen molar-refractivity contribution in [3.8, 4) is 0 Å². The molecule has 0 N–H and O–H groups in total. The molecule has 1 aliphatic heterocycles. The zero-order valence-electron chi connectivity index (χ0n) is 14.4. The van der Waals surface area contributed by atoms with Crippen LogP contribution >= 0.6 is 0 Å². The maximum Gasteiger partial charge on any atom is 0.0977 e. The van der Waals surface area contributed by atoms with Gasteiger partial charge in [-0.1, -0.05) is 67.6 Å². The first-order valence-corrected chi connectivity index (χ1v) is 8.48. The third kappa shape index (κ3) is 3.24. The first-order chi connectivity index (χ1) is 12.2. The molecule has 0 radical (unpaired) electrons. The average Bonchev–Trinajstić information content (AvgIpc) is 2.77. The van der Waals surface area contributed by atoms with E-state index in [0.717, 1.165) is 11.1 Å². The van der Waals surface area contributed by atoms with Crippen molar-refractivity contribution in [3.63, 3.8) is 0 Å². The second-order valence-corrected chi connectivity index (χ2v) is 6.59. The molecule has 0 aliphatic carbocycles. The molecule has 0 saturated carbocycles. The summed E-state index contributed by atoms with van der Waals surface area (Å²) in [6, 6.07) is 18.7. The lowest BCUT2D eigenvalue weighted by Gasteiger charge is -2.36. The van der Waals surface area contributed by atoms with E-state index in [-0.39, 0.29) is 24.0 Å². The number of benzene rings is 2. The molecule has 4 atom stereocenters. The van der Waals surface area contributed by atoms with Gasteiger partial charge in [0.1, 0.15) is 0 Å². The van der Waals surface area contributed by atoms with Gasteiger partial charge in [-0.05, 0) is 18.1 Å². The second kappa shape index (κ2) is 7.42. The van der Waals surface area contributed by atoms with Crippen LogP contribution in [0.4, 0.5) is 0 Å². The molecule has 6 nitrogen and oxygen atoms in total. The Balaban J connectivity index is 2.12. The third-order valence-electron chi connectivity index (χ3n) is 4.99. The molecule has 0 aromatic heterocycles. The number of hydrogen-bond acceptors (Lipinski definition) is 4. The van der Waals surface area contributed by atoms with Crippen molar-refractivity contribution in [1.29, 1.82) is 0 Å².